The highest BCUT2D eigenvalue weighted by Gasteiger charge is 2.10. The highest BCUT2D eigenvalue weighted by molar-refractivity contribution is 6.25. The van der Waals surface area contributed by atoms with Gasteiger partial charge >= 0.3 is 0 Å². The van der Waals surface area contributed by atoms with Gasteiger partial charge in [0.2, 0.25) is 0 Å². The third kappa shape index (κ3) is 5.53. The van der Waals surface area contributed by atoms with E-state index in [4.69, 9.17) is 21.1 Å². The molecule has 1 N–H and O–H groups in total. The molecule has 1 rings (SSSR count). The maximum atomic E-state index is 5.76. The molecule has 0 atom stereocenters. The van der Waals surface area contributed by atoms with E-state index < -0.39 is 0 Å². The SMILES string of the molecule is CCCNCc1cccc(OCC)c1OC/C=C/Cl. The van der Waals surface area contributed by atoms with Gasteiger partial charge in [0, 0.05) is 17.6 Å². The number of benzene rings is 1. The third-order valence-electron chi connectivity index (χ3n) is 2.52. The van der Waals surface area contributed by atoms with E-state index in [-0.39, 0.29) is 0 Å². The summed E-state index contributed by atoms with van der Waals surface area (Å²) in [6.45, 7) is 6.92. The number of para-hydroxylation sites is 1. The van der Waals surface area contributed by atoms with Crippen molar-refractivity contribution < 1.29 is 9.47 Å². The van der Waals surface area contributed by atoms with Crippen molar-refractivity contribution in [2.45, 2.75) is 26.8 Å². The van der Waals surface area contributed by atoms with Crippen LogP contribution >= 0.6 is 11.6 Å². The van der Waals surface area contributed by atoms with E-state index in [1.54, 1.807) is 6.08 Å². The van der Waals surface area contributed by atoms with Crippen LogP contribution in [0.1, 0.15) is 25.8 Å². The lowest BCUT2D eigenvalue weighted by molar-refractivity contribution is 0.294. The van der Waals surface area contributed by atoms with Crippen LogP contribution in [0.15, 0.2) is 29.8 Å². The van der Waals surface area contributed by atoms with Gasteiger partial charge in [-0.05, 0) is 32.0 Å². The minimum atomic E-state index is 0.439. The number of ether oxygens (including phenoxy) is 2. The summed E-state index contributed by atoms with van der Waals surface area (Å²) in [6.07, 6.45) is 2.86. The zero-order valence-corrected chi connectivity index (χ0v) is 12.4. The second-order valence-corrected chi connectivity index (χ2v) is 4.28. The molecular formula is C15H22ClNO2. The van der Waals surface area contributed by atoms with Gasteiger partial charge in [0.25, 0.3) is 0 Å². The topological polar surface area (TPSA) is 30.5 Å². The summed E-state index contributed by atoms with van der Waals surface area (Å²) in [5.41, 5.74) is 2.56. The van der Waals surface area contributed by atoms with E-state index in [9.17, 15) is 0 Å². The zero-order chi connectivity index (χ0) is 13.9. The van der Waals surface area contributed by atoms with Gasteiger partial charge in [0.1, 0.15) is 6.61 Å². The summed E-state index contributed by atoms with van der Waals surface area (Å²) in [6, 6.07) is 5.95. The minimum Gasteiger partial charge on any atom is -0.490 e. The molecule has 0 radical (unpaired) electrons. The lowest BCUT2D eigenvalue weighted by Crippen LogP contribution is -2.15. The van der Waals surface area contributed by atoms with Gasteiger partial charge in [-0.2, -0.15) is 0 Å². The molecule has 0 amide bonds. The first-order chi connectivity index (χ1) is 9.33. The van der Waals surface area contributed by atoms with Crippen molar-refractivity contribution in [1.29, 1.82) is 0 Å². The number of hydrogen-bond donors (Lipinski definition) is 1. The summed E-state index contributed by atoms with van der Waals surface area (Å²) in [5, 5.41) is 3.37. The van der Waals surface area contributed by atoms with Crippen molar-refractivity contribution in [2.75, 3.05) is 19.8 Å². The maximum Gasteiger partial charge on any atom is 0.166 e. The van der Waals surface area contributed by atoms with Crippen LogP contribution in [-0.4, -0.2) is 19.8 Å². The molecule has 0 saturated carbocycles. The van der Waals surface area contributed by atoms with Crippen molar-refractivity contribution in [3.8, 4) is 11.5 Å². The van der Waals surface area contributed by atoms with E-state index in [0.29, 0.717) is 13.2 Å². The van der Waals surface area contributed by atoms with Crippen molar-refractivity contribution in [3.63, 3.8) is 0 Å². The Morgan fingerprint density at radius 2 is 2.11 bits per heavy atom. The van der Waals surface area contributed by atoms with Gasteiger partial charge < -0.3 is 14.8 Å². The average molecular weight is 284 g/mol. The van der Waals surface area contributed by atoms with Crippen LogP contribution in [0.5, 0.6) is 11.5 Å². The fourth-order valence-corrected chi connectivity index (χ4v) is 1.77. The molecule has 0 fully saturated rings. The van der Waals surface area contributed by atoms with Crippen LogP contribution in [-0.2, 0) is 6.54 Å². The molecule has 1 aromatic carbocycles. The van der Waals surface area contributed by atoms with E-state index in [0.717, 1.165) is 36.6 Å². The average Bonchev–Trinajstić information content (AvgIpc) is 2.42. The number of halogens is 1. The first-order valence-electron chi connectivity index (χ1n) is 6.66. The maximum absolute atomic E-state index is 5.76. The van der Waals surface area contributed by atoms with Crippen LogP contribution in [0.4, 0.5) is 0 Å². The molecule has 0 aliphatic heterocycles. The largest absolute Gasteiger partial charge is 0.490 e. The highest BCUT2D eigenvalue weighted by Crippen LogP contribution is 2.31. The van der Waals surface area contributed by atoms with E-state index >= 15 is 0 Å². The first-order valence-corrected chi connectivity index (χ1v) is 7.10. The van der Waals surface area contributed by atoms with Gasteiger partial charge in [0.15, 0.2) is 11.5 Å². The fourth-order valence-electron chi connectivity index (χ4n) is 1.70. The Morgan fingerprint density at radius 1 is 1.26 bits per heavy atom. The van der Waals surface area contributed by atoms with E-state index in [2.05, 4.69) is 12.2 Å². The smallest absolute Gasteiger partial charge is 0.166 e. The summed E-state index contributed by atoms with van der Waals surface area (Å²) in [5.74, 6) is 1.57. The normalized spacial score (nSPS) is 10.9. The molecule has 0 heterocycles. The van der Waals surface area contributed by atoms with Crippen LogP contribution in [0.25, 0.3) is 0 Å². The van der Waals surface area contributed by atoms with Crippen LogP contribution in [0.3, 0.4) is 0 Å². The molecule has 0 unspecified atom stereocenters. The number of hydrogen-bond acceptors (Lipinski definition) is 3. The lowest BCUT2D eigenvalue weighted by Gasteiger charge is -2.15. The van der Waals surface area contributed by atoms with Gasteiger partial charge in [-0.15, -0.1) is 0 Å². The molecule has 0 aliphatic carbocycles. The molecule has 19 heavy (non-hydrogen) atoms. The Morgan fingerprint density at radius 3 is 2.79 bits per heavy atom. The van der Waals surface area contributed by atoms with Crippen LogP contribution in [0.2, 0.25) is 0 Å². The molecule has 0 spiro atoms. The van der Waals surface area contributed by atoms with Gasteiger partial charge in [-0.25, -0.2) is 0 Å². The molecule has 0 bridgehead atoms. The predicted molar refractivity (Wildman–Crippen MR) is 80.1 cm³/mol. The summed E-state index contributed by atoms with van der Waals surface area (Å²) < 4.78 is 11.4. The Bertz CT molecular complexity index is 394. The Balaban J connectivity index is 2.82. The zero-order valence-electron chi connectivity index (χ0n) is 11.6. The van der Waals surface area contributed by atoms with Crippen molar-refractivity contribution in [1.82, 2.24) is 5.32 Å². The summed E-state index contributed by atoms with van der Waals surface area (Å²) in [7, 11) is 0. The third-order valence-corrected chi connectivity index (χ3v) is 2.69. The molecule has 0 aromatic heterocycles. The molecule has 1 aromatic rings. The standard InChI is InChI=1S/C15H22ClNO2/c1-3-10-17-12-13-7-5-8-14(18-4-2)15(13)19-11-6-9-16/h5-9,17H,3-4,10-12H2,1-2H3/b9-6+. The van der Waals surface area contributed by atoms with Gasteiger partial charge in [0.05, 0.1) is 6.61 Å². The number of rotatable bonds is 9. The second-order valence-electron chi connectivity index (χ2n) is 4.03. The van der Waals surface area contributed by atoms with Gasteiger partial charge in [-0.1, -0.05) is 30.7 Å². The molecule has 0 aliphatic rings. The fraction of sp³-hybridized carbons (Fsp3) is 0.467. The molecular weight excluding hydrogens is 262 g/mol. The summed E-state index contributed by atoms with van der Waals surface area (Å²) in [4.78, 5) is 0. The molecule has 4 heteroatoms. The lowest BCUT2D eigenvalue weighted by atomic mass is 10.2. The Hall–Kier alpha value is -1.19. The van der Waals surface area contributed by atoms with E-state index in [1.165, 1.54) is 5.54 Å². The Kier molecular flexibility index (Phi) is 8.10. The predicted octanol–water partition coefficient (Wildman–Crippen LogP) is 3.72. The van der Waals surface area contributed by atoms with Crippen LogP contribution < -0.4 is 14.8 Å². The highest BCUT2D eigenvalue weighted by atomic mass is 35.5. The van der Waals surface area contributed by atoms with Gasteiger partial charge in [-0.3, -0.25) is 0 Å². The molecule has 3 nitrogen and oxygen atoms in total. The quantitative estimate of drug-likeness (QED) is 0.701. The minimum absolute atomic E-state index is 0.439. The monoisotopic (exact) mass is 283 g/mol. The number of nitrogens with one attached hydrogen (secondary N) is 1. The molecule has 106 valence electrons. The van der Waals surface area contributed by atoms with E-state index in [1.807, 2.05) is 25.1 Å². The summed E-state index contributed by atoms with van der Waals surface area (Å²) >= 11 is 5.51. The van der Waals surface area contributed by atoms with Crippen molar-refractivity contribution in [2.24, 2.45) is 0 Å². The molecule has 0 saturated heterocycles. The first kappa shape index (κ1) is 15.9. The van der Waals surface area contributed by atoms with Crippen molar-refractivity contribution >= 4 is 11.6 Å². The van der Waals surface area contributed by atoms with Crippen LogP contribution in [0, 0.1) is 0 Å². The van der Waals surface area contributed by atoms with Crippen molar-refractivity contribution in [3.05, 3.63) is 35.4 Å². The Labute approximate surface area is 120 Å². The second kappa shape index (κ2) is 9.70.